The van der Waals surface area contributed by atoms with Crippen molar-refractivity contribution in [2.45, 2.75) is 23.1 Å². The van der Waals surface area contributed by atoms with Gasteiger partial charge in [0.2, 0.25) is 11.8 Å². The fourth-order valence-corrected chi connectivity index (χ4v) is 4.00. The molecule has 1 aromatic heterocycles. The highest BCUT2D eigenvalue weighted by Crippen LogP contribution is 2.36. The lowest BCUT2D eigenvalue weighted by Gasteiger charge is -2.23. The van der Waals surface area contributed by atoms with Gasteiger partial charge in [0.1, 0.15) is 0 Å². The monoisotopic (exact) mass is 378 g/mol. The lowest BCUT2D eigenvalue weighted by atomic mass is 10.2. The average molecular weight is 378 g/mol. The second kappa shape index (κ2) is 7.67. The number of amides is 2. The number of carbonyl (C=O) groups excluding carboxylic acids is 2. The number of nitrogens with zero attached hydrogens (tertiary/aromatic N) is 2. The van der Waals surface area contributed by atoms with Crippen molar-refractivity contribution in [1.29, 1.82) is 0 Å². The van der Waals surface area contributed by atoms with Crippen LogP contribution in [0.5, 0.6) is 0 Å². The number of rotatable bonds is 5. The van der Waals surface area contributed by atoms with Crippen LogP contribution in [-0.2, 0) is 16.1 Å². The van der Waals surface area contributed by atoms with E-state index in [-0.39, 0.29) is 18.2 Å². The van der Waals surface area contributed by atoms with E-state index < -0.39 is 5.25 Å². The molecule has 7 heteroatoms. The molecule has 0 spiro atoms. The summed E-state index contributed by atoms with van der Waals surface area (Å²) >= 11 is 1.42. The van der Waals surface area contributed by atoms with Gasteiger partial charge in [-0.3, -0.25) is 14.3 Å². The Morgan fingerprint density at radius 2 is 1.93 bits per heavy atom. The molecule has 2 heterocycles. The second-order valence-electron chi connectivity index (χ2n) is 6.26. The summed E-state index contributed by atoms with van der Waals surface area (Å²) in [7, 11) is 0. The van der Waals surface area contributed by atoms with Crippen molar-refractivity contribution in [2.24, 2.45) is 0 Å². The maximum Gasteiger partial charge on any atom is 0.238 e. The molecule has 0 bridgehead atoms. The van der Waals surface area contributed by atoms with Gasteiger partial charge in [-0.15, -0.1) is 11.8 Å². The van der Waals surface area contributed by atoms with Crippen molar-refractivity contribution < 1.29 is 9.59 Å². The topological polar surface area (TPSA) is 76.0 Å². The number of hydrogen-bond donors (Lipinski definition) is 2. The van der Waals surface area contributed by atoms with E-state index in [1.54, 1.807) is 17.1 Å². The SMILES string of the molecule is O=C(CC1Sc2ccccc2NC1=O)Nc1cnn(Cc2ccccc2)c1. The summed E-state index contributed by atoms with van der Waals surface area (Å²) in [6, 6.07) is 17.6. The van der Waals surface area contributed by atoms with E-state index in [2.05, 4.69) is 15.7 Å². The van der Waals surface area contributed by atoms with Gasteiger partial charge in [-0.25, -0.2) is 0 Å². The average Bonchev–Trinajstić information content (AvgIpc) is 3.10. The Bertz CT molecular complexity index is 971. The molecule has 2 amide bonds. The third-order valence-corrected chi connectivity index (χ3v) is 5.46. The minimum Gasteiger partial charge on any atom is -0.324 e. The molecule has 1 aliphatic rings. The predicted octanol–water partition coefficient (Wildman–Crippen LogP) is 3.37. The molecule has 0 radical (unpaired) electrons. The Hall–Kier alpha value is -3.06. The van der Waals surface area contributed by atoms with E-state index in [4.69, 9.17) is 0 Å². The summed E-state index contributed by atoms with van der Waals surface area (Å²) in [6.07, 6.45) is 3.51. The van der Waals surface area contributed by atoms with Gasteiger partial charge in [0, 0.05) is 17.5 Å². The maximum absolute atomic E-state index is 12.4. The Kier molecular flexibility index (Phi) is 4.93. The first-order valence-corrected chi connectivity index (χ1v) is 9.48. The minimum atomic E-state index is -0.445. The van der Waals surface area contributed by atoms with Gasteiger partial charge < -0.3 is 10.6 Å². The van der Waals surface area contributed by atoms with Gasteiger partial charge in [0.25, 0.3) is 0 Å². The van der Waals surface area contributed by atoms with Gasteiger partial charge in [0.05, 0.1) is 29.4 Å². The highest BCUT2D eigenvalue weighted by molar-refractivity contribution is 8.01. The molecule has 4 rings (SSSR count). The first-order chi connectivity index (χ1) is 13.2. The van der Waals surface area contributed by atoms with Crippen LogP contribution in [0.3, 0.4) is 0 Å². The van der Waals surface area contributed by atoms with Crippen LogP contribution < -0.4 is 10.6 Å². The summed E-state index contributed by atoms with van der Waals surface area (Å²) in [5.74, 6) is -0.352. The highest BCUT2D eigenvalue weighted by Gasteiger charge is 2.28. The van der Waals surface area contributed by atoms with E-state index in [0.717, 1.165) is 16.1 Å². The number of thioether (sulfide) groups is 1. The molecule has 0 aliphatic carbocycles. The van der Waals surface area contributed by atoms with Gasteiger partial charge in [-0.2, -0.15) is 5.10 Å². The van der Waals surface area contributed by atoms with Crippen LogP contribution in [0.2, 0.25) is 0 Å². The number of nitrogens with one attached hydrogen (secondary N) is 2. The third kappa shape index (κ3) is 4.20. The van der Waals surface area contributed by atoms with Crippen molar-refractivity contribution in [3.63, 3.8) is 0 Å². The van der Waals surface area contributed by atoms with Crippen LogP contribution in [0.15, 0.2) is 71.9 Å². The van der Waals surface area contributed by atoms with Crippen LogP contribution in [0.4, 0.5) is 11.4 Å². The molecular formula is C20H18N4O2S. The number of fused-ring (bicyclic) bond motifs is 1. The van der Waals surface area contributed by atoms with Crippen molar-refractivity contribution in [2.75, 3.05) is 10.6 Å². The predicted molar refractivity (Wildman–Crippen MR) is 106 cm³/mol. The summed E-state index contributed by atoms with van der Waals surface area (Å²) in [5, 5.41) is 9.51. The normalized spacial score (nSPS) is 15.7. The van der Waals surface area contributed by atoms with Gasteiger partial charge >= 0.3 is 0 Å². The molecular weight excluding hydrogens is 360 g/mol. The van der Waals surface area contributed by atoms with Gasteiger partial charge in [-0.05, 0) is 17.7 Å². The number of aromatic nitrogens is 2. The van der Waals surface area contributed by atoms with Crippen molar-refractivity contribution >= 4 is 35.0 Å². The molecule has 0 fully saturated rings. The van der Waals surface area contributed by atoms with Crippen LogP contribution in [0, 0.1) is 0 Å². The molecule has 1 atom stereocenters. The lowest BCUT2D eigenvalue weighted by molar-refractivity contribution is -0.120. The van der Waals surface area contributed by atoms with E-state index in [1.165, 1.54) is 11.8 Å². The van der Waals surface area contributed by atoms with Crippen LogP contribution in [-0.4, -0.2) is 26.8 Å². The number of hydrogen-bond acceptors (Lipinski definition) is 4. The van der Waals surface area contributed by atoms with Crippen molar-refractivity contribution in [3.8, 4) is 0 Å². The van der Waals surface area contributed by atoms with E-state index in [1.807, 2.05) is 54.6 Å². The Balaban J connectivity index is 1.35. The molecule has 0 saturated carbocycles. The fourth-order valence-electron chi connectivity index (χ4n) is 2.89. The number of anilines is 2. The van der Waals surface area contributed by atoms with E-state index in [0.29, 0.717) is 12.2 Å². The first kappa shape index (κ1) is 17.4. The Morgan fingerprint density at radius 3 is 2.78 bits per heavy atom. The third-order valence-electron chi connectivity index (χ3n) is 4.18. The van der Waals surface area contributed by atoms with E-state index >= 15 is 0 Å². The molecule has 1 aliphatic heterocycles. The van der Waals surface area contributed by atoms with Gasteiger partial charge in [-0.1, -0.05) is 42.5 Å². The maximum atomic E-state index is 12.4. The Labute approximate surface area is 161 Å². The molecule has 2 N–H and O–H groups in total. The highest BCUT2D eigenvalue weighted by atomic mass is 32.2. The smallest absolute Gasteiger partial charge is 0.238 e. The molecule has 27 heavy (non-hydrogen) atoms. The summed E-state index contributed by atoms with van der Waals surface area (Å²) < 4.78 is 1.77. The van der Waals surface area contributed by atoms with Crippen molar-refractivity contribution in [3.05, 3.63) is 72.6 Å². The van der Waals surface area contributed by atoms with Crippen LogP contribution in [0.25, 0.3) is 0 Å². The van der Waals surface area contributed by atoms with E-state index in [9.17, 15) is 9.59 Å². The number of para-hydroxylation sites is 1. The van der Waals surface area contributed by atoms with Gasteiger partial charge in [0.15, 0.2) is 0 Å². The summed E-state index contributed by atoms with van der Waals surface area (Å²) in [4.78, 5) is 25.6. The zero-order valence-corrected chi connectivity index (χ0v) is 15.3. The van der Waals surface area contributed by atoms with Crippen molar-refractivity contribution in [1.82, 2.24) is 9.78 Å². The zero-order chi connectivity index (χ0) is 18.6. The second-order valence-corrected chi connectivity index (χ2v) is 7.50. The standard InChI is InChI=1S/C20H18N4O2S/c25-19(10-18-20(26)23-16-8-4-5-9-17(16)27-18)22-15-11-21-24(13-15)12-14-6-2-1-3-7-14/h1-9,11,13,18H,10,12H2,(H,22,25)(H,23,26). The Morgan fingerprint density at radius 1 is 1.15 bits per heavy atom. The quantitative estimate of drug-likeness (QED) is 0.714. The first-order valence-electron chi connectivity index (χ1n) is 8.60. The molecule has 1 unspecified atom stereocenters. The largest absolute Gasteiger partial charge is 0.324 e. The zero-order valence-electron chi connectivity index (χ0n) is 14.5. The molecule has 3 aromatic rings. The number of benzene rings is 2. The fraction of sp³-hybridized carbons (Fsp3) is 0.150. The number of carbonyl (C=O) groups is 2. The molecule has 136 valence electrons. The lowest BCUT2D eigenvalue weighted by Crippen LogP contribution is -2.32. The minimum absolute atomic E-state index is 0.106. The van der Waals surface area contributed by atoms with Crippen LogP contribution in [0.1, 0.15) is 12.0 Å². The van der Waals surface area contributed by atoms with Crippen LogP contribution >= 0.6 is 11.8 Å². The molecule has 6 nitrogen and oxygen atoms in total. The summed E-state index contributed by atoms with van der Waals surface area (Å²) in [5.41, 5.74) is 2.55. The molecule has 0 saturated heterocycles. The summed E-state index contributed by atoms with van der Waals surface area (Å²) in [6.45, 7) is 0.633. The molecule has 2 aromatic carbocycles.